The van der Waals surface area contributed by atoms with E-state index in [1.807, 2.05) is 36.2 Å². The molecule has 2 heterocycles. The molecule has 5 nitrogen and oxygen atoms in total. The molecule has 1 amide bonds. The molecule has 0 saturated carbocycles. The van der Waals surface area contributed by atoms with Crippen molar-refractivity contribution < 1.29 is 4.79 Å². The van der Waals surface area contributed by atoms with Crippen LogP contribution in [0.1, 0.15) is 23.3 Å². The van der Waals surface area contributed by atoms with Crippen molar-refractivity contribution in [1.29, 1.82) is 0 Å². The van der Waals surface area contributed by atoms with Crippen LogP contribution in [0.2, 0.25) is 5.02 Å². The zero-order valence-electron chi connectivity index (χ0n) is 12.9. The molecule has 1 aliphatic heterocycles. The zero-order valence-corrected chi connectivity index (χ0v) is 14.5. The average Bonchev–Trinajstić information content (AvgIpc) is 3.04. The number of halogens is 2. The van der Waals surface area contributed by atoms with Crippen molar-refractivity contribution >= 4 is 29.9 Å². The number of hydrogen-bond donors (Lipinski definition) is 1. The SMILES string of the molecule is CNC1CCCN(C(=O)c2ccn(-c3cccc(Cl)c3)n2)C1.Cl. The minimum atomic E-state index is -0.0132. The second-order valence-corrected chi connectivity index (χ2v) is 5.94. The number of hydrogen-bond acceptors (Lipinski definition) is 3. The van der Waals surface area contributed by atoms with Crippen LogP contribution < -0.4 is 5.32 Å². The number of likely N-dealkylation sites (tertiary alicyclic amines) is 1. The van der Waals surface area contributed by atoms with Crippen molar-refractivity contribution in [3.63, 3.8) is 0 Å². The number of piperidine rings is 1. The summed E-state index contributed by atoms with van der Waals surface area (Å²) >= 11 is 5.99. The van der Waals surface area contributed by atoms with E-state index in [1.54, 1.807) is 16.9 Å². The van der Waals surface area contributed by atoms with Crippen LogP contribution in [-0.4, -0.2) is 46.8 Å². The first kappa shape index (κ1) is 17.8. The summed E-state index contributed by atoms with van der Waals surface area (Å²) in [6.07, 6.45) is 3.92. The predicted molar refractivity (Wildman–Crippen MR) is 93.8 cm³/mol. The van der Waals surface area contributed by atoms with Gasteiger partial charge in [0.05, 0.1) is 5.69 Å². The first-order chi connectivity index (χ1) is 10.7. The van der Waals surface area contributed by atoms with E-state index in [1.165, 1.54) is 0 Å². The van der Waals surface area contributed by atoms with E-state index in [-0.39, 0.29) is 18.3 Å². The molecule has 0 aliphatic carbocycles. The highest BCUT2D eigenvalue weighted by molar-refractivity contribution is 6.30. The molecule has 0 spiro atoms. The number of carbonyl (C=O) groups is 1. The number of rotatable bonds is 3. The standard InChI is InChI=1S/C16H19ClN4O.ClH/c1-18-13-5-3-8-20(11-13)16(22)15-7-9-21(19-15)14-6-2-4-12(17)10-14;/h2,4,6-7,9-10,13,18H,3,5,8,11H2,1H3;1H. The molecule has 2 aromatic rings. The lowest BCUT2D eigenvalue weighted by atomic mass is 10.1. The molecular formula is C16H20Cl2N4O. The summed E-state index contributed by atoms with van der Waals surface area (Å²) in [7, 11) is 1.94. The van der Waals surface area contributed by atoms with E-state index in [4.69, 9.17) is 11.6 Å². The molecule has 124 valence electrons. The molecule has 0 radical (unpaired) electrons. The highest BCUT2D eigenvalue weighted by Crippen LogP contribution is 2.16. The average molecular weight is 355 g/mol. The van der Waals surface area contributed by atoms with E-state index in [0.29, 0.717) is 16.8 Å². The molecule has 0 bridgehead atoms. The molecule has 1 fully saturated rings. The lowest BCUT2D eigenvalue weighted by Crippen LogP contribution is -2.47. The summed E-state index contributed by atoms with van der Waals surface area (Å²) in [6.45, 7) is 1.53. The van der Waals surface area contributed by atoms with Gasteiger partial charge in [0.1, 0.15) is 0 Å². The van der Waals surface area contributed by atoms with Crippen molar-refractivity contribution in [3.05, 3.63) is 47.2 Å². The van der Waals surface area contributed by atoms with Gasteiger partial charge in [-0.05, 0) is 44.2 Å². The Morgan fingerprint density at radius 3 is 2.96 bits per heavy atom. The van der Waals surface area contributed by atoms with Gasteiger partial charge >= 0.3 is 0 Å². The molecule has 3 rings (SSSR count). The first-order valence-corrected chi connectivity index (χ1v) is 7.83. The normalized spacial score (nSPS) is 17.7. The monoisotopic (exact) mass is 354 g/mol. The largest absolute Gasteiger partial charge is 0.336 e. The summed E-state index contributed by atoms with van der Waals surface area (Å²) in [5.74, 6) is -0.0132. The van der Waals surface area contributed by atoms with Crippen molar-refractivity contribution in [1.82, 2.24) is 20.0 Å². The fourth-order valence-electron chi connectivity index (χ4n) is 2.76. The van der Waals surface area contributed by atoms with Gasteiger partial charge in [0, 0.05) is 30.4 Å². The molecule has 1 aromatic heterocycles. The smallest absolute Gasteiger partial charge is 0.274 e. The Bertz CT molecular complexity index is 674. The Kier molecular flexibility index (Phi) is 6.04. The summed E-state index contributed by atoms with van der Waals surface area (Å²) < 4.78 is 1.68. The van der Waals surface area contributed by atoms with Gasteiger partial charge in [0.2, 0.25) is 0 Å². The lowest BCUT2D eigenvalue weighted by molar-refractivity contribution is 0.0691. The lowest BCUT2D eigenvalue weighted by Gasteiger charge is -2.32. The molecule has 1 aromatic carbocycles. The van der Waals surface area contributed by atoms with Crippen LogP contribution in [0.3, 0.4) is 0 Å². The maximum Gasteiger partial charge on any atom is 0.274 e. The van der Waals surface area contributed by atoms with E-state index in [0.717, 1.165) is 31.6 Å². The van der Waals surface area contributed by atoms with Gasteiger partial charge in [-0.1, -0.05) is 17.7 Å². The number of amides is 1. The van der Waals surface area contributed by atoms with Gasteiger partial charge in [-0.15, -0.1) is 12.4 Å². The second kappa shape index (κ2) is 7.81. The minimum Gasteiger partial charge on any atom is -0.336 e. The first-order valence-electron chi connectivity index (χ1n) is 7.45. The number of carbonyl (C=O) groups excluding carboxylic acids is 1. The van der Waals surface area contributed by atoms with Gasteiger partial charge in [-0.3, -0.25) is 4.79 Å². The summed E-state index contributed by atoms with van der Waals surface area (Å²) in [5, 5.41) is 8.28. The summed E-state index contributed by atoms with van der Waals surface area (Å²) in [5.41, 5.74) is 1.31. The van der Waals surface area contributed by atoms with Crippen LogP contribution in [0.15, 0.2) is 36.5 Å². The molecule has 1 saturated heterocycles. The summed E-state index contributed by atoms with van der Waals surface area (Å²) in [6, 6.07) is 9.53. The third-order valence-corrected chi connectivity index (χ3v) is 4.23. The Balaban J connectivity index is 0.00000192. The van der Waals surface area contributed by atoms with Crippen LogP contribution in [-0.2, 0) is 0 Å². The molecule has 1 aliphatic rings. The van der Waals surface area contributed by atoms with E-state index in [9.17, 15) is 4.79 Å². The molecule has 1 atom stereocenters. The molecule has 1 N–H and O–H groups in total. The third-order valence-electron chi connectivity index (χ3n) is 4.00. The Hall–Kier alpha value is -1.56. The van der Waals surface area contributed by atoms with Gasteiger partial charge in [0.15, 0.2) is 5.69 Å². The van der Waals surface area contributed by atoms with E-state index >= 15 is 0 Å². The molecular weight excluding hydrogens is 335 g/mol. The van der Waals surface area contributed by atoms with Crippen molar-refractivity contribution in [2.45, 2.75) is 18.9 Å². The quantitative estimate of drug-likeness (QED) is 0.921. The fraction of sp³-hybridized carbons (Fsp3) is 0.375. The Labute approximate surface area is 147 Å². The molecule has 7 heteroatoms. The van der Waals surface area contributed by atoms with E-state index in [2.05, 4.69) is 10.4 Å². The second-order valence-electron chi connectivity index (χ2n) is 5.50. The van der Waals surface area contributed by atoms with Gasteiger partial charge in [0.25, 0.3) is 5.91 Å². The van der Waals surface area contributed by atoms with Gasteiger partial charge < -0.3 is 10.2 Å². The number of likely N-dealkylation sites (N-methyl/N-ethyl adjacent to an activating group) is 1. The van der Waals surface area contributed by atoms with Crippen molar-refractivity contribution in [3.8, 4) is 5.69 Å². The number of nitrogens with zero attached hydrogens (tertiary/aromatic N) is 3. The number of nitrogens with one attached hydrogen (secondary N) is 1. The zero-order chi connectivity index (χ0) is 15.5. The minimum absolute atomic E-state index is 0. The van der Waals surface area contributed by atoms with Crippen molar-refractivity contribution in [2.75, 3.05) is 20.1 Å². The van der Waals surface area contributed by atoms with Gasteiger partial charge in [-0.2, -0.15) is 5.10 Å². The molecule has 1 unspecified atom stereocenters. The third kappa shape index (κ3) is 4.05. The predicted octanol–water partition coefficient (Wildman–Crippen LogP) is 2.77. The topological polar surface area (TPSA) is 50.2 Å². The fourth-order valence-corrected chi connectivity index (χ4v) is 2.94. The van der Waals surface area contributed by atoms with Crippen LogP contribution in [0.5, 0.6) is 0 Å². The van der Waals surface area contributed by atoms with Gasteiger partial charge in [-0.25, -0.2) is 4.68 Å². The van der Waals surface area contributed by atoms with Crippen molar-refractivity contribution in [2.24, 2.45) is 0 Å². The number of aromatic nitrogens is 2. The van der Waals surface area contributed by atoms with Crippen LogP contribution in [0, 0.1) is 0 Å². The Morgan fingerprint density at radius 1 is 1.39 bits per heavy atom. The maximum atomic E-state index is 12.6. The molecule has 23 heavy (non-hydrogen) atoms. The number of benzene rings is 1. The van der Waals surface area contributed by atoms with Crippen LogP contribution in [0.4, 0.5) is 0 Å². The highest BCUT2D eigenvalue weighted by Gasteiger charge is 2.24. The van der Waals surface area contributed by atoms with Crippen LogP contribution >= 0.6 is 24.0 Å². The van der Waals surface area contributed by atoms with Crippen LogP contribution in [0.25, 0.3) is 5.69 Å². The van der Waals surface area contributed by atoms with E-state index < -0.39 is 0 Å². The highest BCUT2D eigenvalue weighted by atomic mass is 35.5. The summed E-state index contributed by atoms with van der Waals surface area (Å²) in [4.78, 5) is 14.4. The maximum absolute atomic E-state index is 12.6. The Morgan fingerprint density at radius 2 is 2.22 bits per heavy atom.